The van der Waals surface area contributed by atoms with Crippen LogP contribution in [0.3, 0.4) is 0 Å². The van der Waals surface area contributed by atoms with Gasteiger partial charge in [-0.15, -0.1) is 0 Å². The Labute approximate surface area is 179 Å². The van der Waals surface area contributed by atoms with Crippen molar-refractivity contribution < 1.29 is 19.1 Å². The molecule has 0 bridgehead atoms. The molecule has 2 amide bonds. The lowest BCUT2D eigenvalue weighted by molar-refractivity contribution is -0.139. The van der Waals surface area contributed by atoms with E-state index in [0.717, 1.165) is 10.6 Å². The van der Waals surface area contributed by atoms with Crippen molar-refractivity contribution in [2.24, 2.45) is 5.10 Å². The molecule has 2 aromatic rings. The van der Waals surface area contributed by atoms with Gasteiger partial charge in [-0.2, -0.15) is 5.10 Å². The predicted molar refractivity (Wildman–Crippen MR) is 114 cm³/mol. The quantitative estimate of drug-likeness (QED) is 0.714. The molecular weight excluding hydrogens is 398 g/mol. The van der Waals surface area contributed by atoms with E-state index in [2.05, 4.69) is 15.8 Å². The van der Waals surface area contributed by atoms with Crippen LogP contribution >= 0.6 is 0 Å². The second-order valence-corrected chi connectivity index (χ2v) is 7.46. The SMILES string of the molecule is COC(=O)c1ccccc1NC(=O)CN1N=CN2NC(c3ccc(C)cc3)CC2C1=O. The molecule has 0 radical (unpaired) electrons. The van der Waals surface area contributed by atoms with Crippen molar-refractivity contribution in [2.75, 3.05) is 19.0 Å². The van der Waals surface area contributed by atoms with Crippen LogP contribution in [0.5, 0.6) is 0 Å². The van der Waals surface area contributed by atoms with Crippen molar-refractivity contribution in [1.82, 2.24) is 15.4 Å². The van der Waals surface area contributed by atoms with Crippen molar-refractivity contribution in [1.29, 1.82) is 0 Å². The van der Waals surface area contributed by atoms with Crippen LogP contribution in [0.4, 0.5) is 5.69 Å². The van der Waals surface area contributed by atoms with Crippen molar-refractivity contribution in [2.45, 2.75) is 25.4 Å². The van der Waals surface area contributed by atoms with Crippen molar-refractivity contribution in [3.8, 4) is 0 Å². The number of para-hydroxylation sites is 1. The van der Waals surface area contributed by atoms with Gasteiger partial charge in [0, 0.05) is 0 Å². The summed E-state index contributed by atoms with van der Waals surface area (Å²) in [6.07, 6.45) is 2.09. The van der Waals surface area contributed by atoms with Crippen molar-refractivity contribution >= 4 is 29.8 Å². The topological polar surface area (TPSA) is 103 Å². The molecule has 2 heterocycles. The number of carbonyl (C=O) groups is 3. The predicted octanol–water partition coefficient (Wildman–Crippen LogP) is 1.83. The first-order valence-corrected chi connectivity index (χ1v) is 9.90. The molecule has 2 atom stereocenters. The van der Waals surface area contributed by atoms with Gasteiger partial charge in [0.25, 0.3) is 5.91 Å². The highest BCUT2D eigenvalue weighted by atomic mass is 16.5. The smallest absolute Gasteiger partial charge is 0.339 e. The summed E-state index contributed by atoms with van der Waals surface area (Å²) in [7, 11) is 1.27. The highest BCUT2D eigenvalue weighted by Crippen LogP contribution is 2.29. The normalized spacial score (nSPS) is 19.9. The van der Waals surface area contributed by atoms with E-state index < -0.39 is 17.9 Å². The number of rotatable bonds is 5. The van der Waals surface area contributed by atoms with Crippen LogP contribution in [0, 0.1) is 6.92 Å². The Bertz CT molecular complexity index is 1040. The van der Waals surface area contributed by atoms with Crippen LogP contribution < -0.4 is 10.7 Å². The number of carbonyl (C=O) groups excluding carboxylic acids is 3. The molecule has 2 aliphatic rings. The summed E-state index contributed by atoms with van der Waals surface area (Å²) in [5.41, 5.74) is 6.09. The average molecular weight is 421 g/mol. The summed E-state index contributed by atoms with van der Waals surface area (Å²) >= 11 is 0. The Balaban J connectivity index is 1.41. The molecule has 4 rings (SSSR count). The maximum atomic E-state index is 12.9. The van der Waals surface area contributed by atoms with E-state index >= 15 is 0 Å². The summed E-state index contributed by atoms with van der Waals surface area (Å²) in [4.78, 5) is 37.3. The Morgan fingerprint density at radius 3 is 2.68 bits per heavy atom. The van der Waals surface area contributed by atoms with E-state index in [9.17, 15) is 14.4 Å². The number of hydrogen-bond donors (Lipinski definition) is 2. The number of hydrazone groups is 1. The molecule has 31 heavy (non-hydrogen) atoms. The fourth-order valence-electron chi connectivity index (χ4n) is 3.67. The Hall–Kier alpha value is -3.72. The zero-order valence-electron chi connectivity index (χ0n) is 17.2. The lowest BCUT2D eigenvalue weighted by atomic mass is 10.0. The molecule has 9 nitrogen and oxygen atoms in total. The molecule has 2 aliphatic heterocycles. The van der Waals surface area contributed by atoms with Gasteiger partial charge < -0.3 is 10.1 Å². The third-order valence-electron chi connectivity index (χ3n) is 5.33. The van der Waals surface area contributed by atoms with E-state index in [1.807, 2.05) is 31.2 Å². The van der Waals surface area contributed by atoms with Crippen LogP contribution in [0.1, 0.15) is 33.9 Å². The number of fused-ring (bicyclic) bond motifs is 1. The number of esters is 1. The number of nitrogens with zero attached hydrogens (tertiary/aromatic N) is 3. The van der Waals surface area contributed by atoms with Gasteiger partial charge >= 0.3 is 5.97 Å². The van der Waals surface area contributed by atoms with Crippen molar-refractivity contribution in [3.63, 3.8) is 0 Å². The maximum absolute atomic E-state index is 12.9. The highest BCUT2D eigenvalue weighted by molar-refractivity contribution is 6.02. The van der Waals surface area contributed by atoms with Crippen LogP contribution in [-0.4, -0.2) is 53.8 Å². The Morgan fingerprint density at radius 1 is 1.19 bits per heavy atom. The van der Waals surface area contributed by atoms with E-state index in [1.54, 1.807) is 29.3 Å². The molecule has 2 aromatic carbocycles. The summed E-state index contributed by atoms with van der Waals surface area (Å²) < 4.78 is 4.74. The van der Waals surface area contributed by atoms with Crippen molar-refractivity contribution in [3.05, 3.63) is 65.2 Å². The van der Waals surface area contributed by atoms with Gasteiger partial charge in [0.05, 0.1) is 24.4 Å². The number of benzene rings is 2. The van der Waals surface area contributed by atoms with Gasteiger partial charge in [-0.1, -0.05) is 42.0 Å². The molecule has 0 aromatic heterocycles. The van der Waals surface area contributed by atoms with Gasteiger partial charge in [0.1, 0.15) is 18.9 Å². The first kappa shape index (κ1) is 20.5. The molecular formula is C22H23N5O4. The maximum Gasteiger partial charge on any atom is 0.339 e. The minimum Gasteiger partial charge on any atom is -0.465 e. The second-order valence-electron chi connectivity index (χ2n) is 7.46. The Morgan fingerprint density at radius 2 is 1.94 bits per heavy atom. The molecule has 0 saturated carbocycles. The minimum absolute atomic E-state index is 0.0123. The third-order valence-corrected chi connectivity index (χ3v) is 5.33. The average Bonchev–Trinajstić information content (AvgIpc) is 3.21. The van der Waals surface area contributed by atoms with Crippen LogP contribution in [0.25, 0.3) is 0 Å². The molecule has 9 heteroatoms. The third kappa shape index (κ3) is 4.26. The van der Waals surface area contributed by atoms with Crippen LogP contribution in [0.2, 0.25) is 0 Å². The zero-order valence-corrected chi connectivity index (χ0v) is 17.2. The van der Waals surface area contributed by atoms with E-state index in [-0.39, 0.29) is 24.1 Å². The minimum atomic E-state index is -0.558. The first-order chi connectivity index (χ1) is 15.0. The molecule has 1 fully saturated rings. The van der Waals surface area contributed by atoms with Crippen LogP contribution in [0.15, 0.2) is 53.6 Å². The number of hydrazine groups is 1. The summed E-state index contributed by atoms with van der Waals surface area (Å²) in [5, 5.41) is 9.61. The number of hydrogen-bond acceptors (Lipinski definition) is 7. The monoisotopic (exact) mass is 421 g/mol. The molecule has 160 valence electrons. The summed E-state index contributed by atoms with van der Waals surface area (Å²) in [5.74, 6) is -1.28. The Kier molecular flexibility index (Phi) is 5.68. The second kappa shape index (κ2) is 8.57. The fraction of sp³-hybridized carbons (Fsp3) is 0.273. The zero-order chi connectivity index (χ0) is 22.0. The number of nitrogens with one attached hydrogen (secondary N) is 2. The van der Waals surface area contributed by atoms with E-state index in [1.165, 1.54) is 19.0 Å². The number of aryl methyl sites for hydroxylation is 1. The largest absolute Gasteiger partial charge is 0.465 e. The number of anilines is 1. The standard InChI is InChI=1S/C22H23N5O4/c1-14-7-9-15(10-8-14)18-11-19-21(29)26(23-13-27(19)25-18)12-20(28)24-17-6-4-3-5-16(17)22(30)31-2/h3-10,13,18-19,25H,11-12H2,1-2H3,(H,24,28). The van der Waals surface area contributed by atoms with Gasteiger partial charge in [-0.25, -0.2) is 15.2 Å². The van der Waals surface area contributed by atoms with Gasteiger partial charge in [-0.05, 0) is 31.0 Å². The van der Waals surface area contributed by atoms with Gasteiger partial charge in [0.2, 0.25) is 5.91 Å². The van der Waals surface area contributed by atoms with Crippen LogP contribution in [-0.2, 0) is 14.3 Å². The molecule has 0 spiro atoms. The van der Waals surface area contributed by atoms with E-state index in [0.29, 0.717) is 12.1 Å². The van der Waals surface area contributed by atoms with Gasteiger partial charge in [0.15, 0.2) is 0 Å². The molecule has 0 aliphatic carbocycles. The molecule has 1 saturated heterocycles. The number of amides is 2. The highest BCUT2D eigenvalue weighted by Gasteiger charge is 2.41. The number of methoxy groups -OCH3 is 1. The lowest BCUT2D eigenvalue weighted by Crippen LogP contribution is -2.52. The molecule has 2 N–H and O–H groups in total. The first-order valence-electron chi connectivity index (χ1n) is 9.90. The lowest BCUT2D eigenvalue weighted by Gasteiger charge is -2.29. The van der Waals surface area contributed by atoms with Gasteiger partial charge in [-0.3, -0.25) is 14.6 Å². The van der Waals surface area contributed by atoms with E-state index in [4.69, 9.17) is 4.74 Å². The summed E-state index contributed by atoms with van der Waals surface area (Å²) in [6, 6.07) is 14.2. The summed E-state index contributed by atoms with van der Waals surface area (Å²) in [6.45, 7) is 1.77. The number of ether oxygens (including phenoxy) is 1. The fourth-order valence-corrected chi connectivity index (χ4v) is 3.67. The molecule has 2 unspecified atom stereocenters.